The minimum absolute atomic E-state index is 0.0482. The van der Waals surface area contributed by atoms with Crippen molar-refractivity contribution in [2.24, 2.45) is 0 Å². The van der Waals surface area contributed by atoms with E-state index < -0.39 is 29.7 Å². The average Bonchev–Trinajstić information content (AvgIpc) is 3.20. The number of benzene rings is 1. The molecule has 0 aliphatic carbocycles. The smallest absolute Gasteiger partial charge is 0.262 e. The fourth-order valence-electron chi connectivity index (χ4n) is 5.46. The van der Waals surface area contributed by atoms with Crippen LogP contribution in [0.15, 0.2) is 42.6 Å². The minimum atomic E-state index is -0.996. The van der Waals surface area contributed by atoms with Crippen molar-refractivity contribution >= 4 is 41.0 Å². The standard InChI is InChI=1S/C28H33N7O5/c1-33(23-4-2-3-11-30-23)19-9-14-34(15-10-19)17-25(37)31-13-12-29-18-5-6-20-21(16-18)28(40)35(27(20)39)22-7-8-24(36)32-26(22)38/h2-6,11,16,19,22,29H,7-10,12-15,17H2,1H3,(H,31,37)(H,32,36,38). The molecule has 3 aliphatic rings. The van der Waals surface area contributed by atoms with Crippen molar-refractivity contribution in [2.75, 3.05) is 50.0 Å². The molecule has 0 bridgehead atoms. The number of piperidine rings is 2. The highest BCUT2D eigenvalue weighted by atomic mass is 16.2. The monoisotopic (exact) mass is 547 g/mol. The Morgan fingerprint density at radius 2 is 1.80 bits per heavy atom. The minimum Gasteiger partial charge on any atom is -0.383 e. The number of carbonyl (C=O) groups is 5. The average molecular weight is 548 g/mol. The first-order valence-corrected chi connectivity index (χ1v) is 13.5. The number of hydrogen-bond acceptors (Lipinski definition) is 9. The van der Waals surface area contributed by atoms with Gasteiger partial charge in [-0.25, -0.2) is 4.98 Å². The van der Waals surface area contributed by atoms with E-state index in [4.69, 9.17) is 0 Å². The van der Waals surface area contributed by atoms with Crippen molar-refractivity contribution in [1.29, 1.82) is 0 Å². The van der Waals surface area contributed by atoms with Crippen LogP contribution >= 0.6 is 0 Å². The highest BCUT2D eigenvalue weighted by molar-refractivity contribution is 6.23. The van der Waals surface area contributed by atoms with Gasteiger partial charge in [0.2, 0.25) is 17.7 Å². The van der Waals surface area contributed by atoms with E-state index in [9.17, 15) is 24.0 Å². The van der Waals surface area contributed by atoms with E-state index in [0.29, 0.717) is 31.4 Å². The van der Waals surface area contributed by atoms with E-state index in [1.54, 1.807) is 24.4 Å². The van der Waals surface area contributed by atoms with E-state index in [1.165, 1.54) is 0 Å². The number of amides is 5. The molecule has 3 aliphatic heterocycles. The van der Waals surface area contributed by atoms with E-state index in [2.05, 4.69) is 37.8 Å². The van der Waals surface area contributed by atoms with Crippen LogP contribution in [0.4, 0.5) is 11.5 Å². The number of rotatable bonds is 9. The van der Waals surface area contributed by atoms with Crippen LogP contribution in [-0.2, 0) is 14.4 Å². The van der Waals surface area contributed by atoms with E-state index in [-0.39, 0.29) is 29.9 Å². The van der Waals surface area contributed by atoms with Crippen LogP contribution in [0.1, 0.15) is 46.4 Å². The van der Waals surface area contributed by atoms with Gasteiger partial charge in [-0.1, -0.05) is 6.07 Å². The summed E-state index contributed by atoms with van der Waals surface area (Å²) in [6, 6.07) is 10.1. The predicted molar refractivity (Wildman–Crippen MR) is 147 cm³/mol. The highest BCUT2D eigenvalue weighted by Crippen LogP contribution is 2.29. The quantitative estimate of drug-likeness (QED) is 0.304. The summed E-state index contributed by atoms with van der Waals surface area (Å²) >= 11 is 0. The van der Waals surface area contributed by atoms with Crippen LogP contribution in [-0.4, -0.2) is 96.2 Å². The van der Waals surface area contributed by atoms with Crippen LogP contribution in [0.5, 0.6) is 0 Å². The molecule has 1 aromatic heterocycles. The molecule has 1 unspecified atom stereocenters. The molecule has 2 saturated heterocycles. The summed E-state index contributed by atoms with van der Waals surface area (Å²) in [5.74, 6) is -1.24. The molecule has 2 aromatic rings. The van der Waals surface area contributed by atoms with Gasteiger partial charge in [0.15, 0.2) is 0 Å². The Bertz CT molecular complexity index is 1310. The normalized spacial score (nSPS) is 19.8. The van der Waals surface area contributed by atoms with Crippen molar-refractivity contribution in [3.8, 4) is 0 Å². The number of nitrogens with one attached hydrogen (secondary N) is 3. The summed E-state index contributed by atoms with van der Waals surface area (Å²) < 4.78 is 0. The topological polar surface area (TPSA) is 144 Å². The Balaban J connectivity index is 1.05. The zero-order valence-electron chi connectivity index (χ0n) is 22.4. The number of anilines is 2. The summed E-state index contributed by atoms with van der Waals surface area (Å²) in [5, 5.41) is 8.28. The molecule has 1 atom stereocenters. The Kier molecular flexibility index (Phi) is 8.06. The van der Waals surface area contributed by atoms with Gasteiger partial charge in [-0.3, -0.25) is 39.1 Å². The van der Waals surface area contributed by atoms with Crippen LogP contribution in [0.3, 0.4) is 0 Å². The zero-order chi connectivity index (χ0) is 28.2. The second-order valence-corrected chi connectivity index (χ2v) is 10.3. The van der Waals surface area contributed by atoms with Gasteiger partial charge in [0.05, 0.1) is 17.7 Å². The molecular formula is C28H33N7O5. The number of aromatic nitrogens is 1. The van der Waals surface area contributed by atoms with Crippen LogP contribution in [0, 0.1) is 0 Å². The fourth-order valence-corrected chi connectivity index (χ4v) is 5.46. The molecule has 40 heavy (non-hydrogen) atoms. The summed E-state index contributed by atoms with van der Waals surface area (Å²) in [6.07, 6.45) is 3.90. The van der Waals surface area contributed by atoms with Gasteiger partial charge in [0.1, 0.15) is 11.9 Å². The second-order valence-electron chi connectivity index (χ2n) is 10.3. The Morgan fingerprint density at radius 1 is 1.02 bits per heavy atom. The van der Waals surface area contributed by atoms with Gasteiger partial charge in [0, 0.05) is 57.6 Å². The third kappa shape index (κ3) is 5.81. The maximum absolute atomic E-state index is 13.0. The molecule has 210 valence electrons. The second kappa shape index (κ2) is 11.8. The molecule has 0 spiro atoms. The number of likely N-dealkylation sites (tertiary alicyclic amines) is 1. The van der Waals surface area contributed by atoms with Crippen molar-refractivity contribution < 1.29 is 24.0 Å². The maximum atomic E-state index is 13.0. The molecule has 0 saturated carbocycles. The summed E-state index contributed by atoms with van der Waals surface area (Å²) in [4.78, 5) is 71.7. The molecule has 3 N–H and O–H groups in total. The number of carbonyl (C=O) groups excluding carboxylic acids is 5. The largest absolute Gasteiger partial charge is 0.383 e. The van der Waals surface area contributed by atoms with Gasteiger partial charge >= 0.3 is 0 Å². The highest BCUT2D eigenvalue weighted by Gasteiger charge is 2.44. The molecule has 4 heterocycles. The van der Waals surface area contributed by atoms with Crippen LogP contribution in [0.2, 0.25) is 0 Å². The first-order chi connectivity index (χ1) is 19.3. The molecule has 1 aromatic carbocycles. The summed E-state index contributed by atoms with van der Waals surface area (Å²) in [7, 11) is 2.06. The first-order valence-electron chi connectivity index (χ1n) is 13.5. The van der Waals surface area contributed by atoms with Gasteiger partial charge in [-0.2, -0.15) is 0 Å². The summed E-state index contributed by atoms with van der Waals surface area (Å²) in [6.45, 7) is 2.84. The lowest BCUT2D eigenvalue weighted by Gasteiger charge is -2.37. The van der Waals surface area contributed by atoms with Crippen molar-refractivity contribution in [3.05, 3.63) is 53.7 Å². The van der Waals surface area contributed by atoms with E-state index >= 15 is 0 Å². The van der Waals surface area contributed by atoms with E-state index in [1.807, 2.05) is 18.2 Å². The Labute approximate surface area is 232 Å². The molecule has 0 radical (unpaired) electrons. The van der Waals surface area contributed by atoms with Gasteiger partial charge in [0.25, 0.3) is 11.8 Å². The SMILES string of the molecule is CN(c1ccccn1)C1CCN(CC(=O)NCCNc2ccc3c(c2)C(=O)N(C2CCC(=O)NC2=O)C3=O)CC1. The number of nitrogens with zero attached hydrogens (tertiary/aromatic N) is 4. The van der Waals surface area contributed by atoms with Crippen LogP contribution < -0.4 is 20.9 Å². The number of hydrogen-bond donors (Lipinski definition) is 3. The molecular weight excluding hydrogens is 514 g/mol. The fraction of sp³-hybridized carbons (Fsp3) is 0.429. The number of fused-ring (bicyclic) bond motifs is 1. The first kappa shape index (κ1) is 27.3. The third-order valence-electron chi connectivity index (χ3n) is 7.70. The molecule has 12 heteroatoms. The predicted octanol–water partition coefficient (Wildman–Crippen LogP) is 0.612. The third-order valence-corrected chi connectivity index (χ3v) is 7.70. The Hall–Kier alpha value is -4.32. The molecule has 5 rings (SSSR count). The number of pyridine rings is 1. The summed E-state index contributed by atoms with van der Waals surface area (Å²) in [5.41, 5.74) is 1.06. The Morgan fingerprint density at radius 3 is 2.52 bits per heavy atom. The molecule has 5 amide bonds. The van der Waals surface area contributed by atoms with Gasteiger partial charge in [-0.05, 0) is 49.6 Å². The maximum Gasteiger partial charge on any atom is 0.262 e. The van der Waals surface area contributed by atoms with Gasteiger partial charge < -0.3 is 15.5 Å². The van der Waals surface area contributed by atoms with E-state index in [0.717, 1.165) is 36.6 Å². The van der Waals surface area contributed by atoms with Crippen molar-refractivity contribution in [1.82, 2.24) is 25.4 Å². The van der Waals surface area contributed by atoms with Crippen LogP contribution in [0.25, 0.3) is 0 Å². The molecule has 2 fully saturated rings. The lowest BCUT2D eigenvalue weighted by atomic mass is 10.0. The number of imide groups is 2. The van der Waals surface area contributed by atoms with Gasteiger partial charge in [-0.15, -0.1) is 0 Å². The van der Waals surface area contributed by atoms with Crippen molar-refractivity contribution in [2.45, 2.75) is 37.8 Å². The van der Waals surface area contributed by atoms with Crippen molar-refractivity contribution in [3.63, 3.8) is 0 Å². The zero-order valence-corrected chi connectivity index (χ0v) is 22.4. The molecule has 12 nitrogen and oxygen atoms in total. The lowest BCUT2D eigenvalue weighted by molar-refractivity contribution is -0.136. The lowest BCUT2D eigenvalue weighted by Crippen LogP contribution is -2.54.